The fraction of sp³-hybridized carbons (Fsp3) is 0.688. The van der Waals surface area contributed by atoms with Crippen LogP contribution in [0.1, 0.15) is 52.5 Å². The number of nitrogens with zero attached hydrogens (tertiary/aromatic N) is 1. The maximum Gasteiger partial charge on any atom is 0.169 e. The van der Waals surface area contributed by atoms with Crippen molar-refractivity contribution in [3.05, 3.63) is 23.6 Å². The molecular formula is C16H26FN3. The average Bonchev–Trinajstić information content (AvgIpc) is 2.26. The molecule has 0 radical (unpaired) electrons. The summed E-state index contributed by atoms with van der Waals surface area (Å²) >= 11 is 0. The smallest absolute Gasteiger partial charge is 0.169 e. The highest BCUT2D eigenvalue weighted by atomic mass is 19.1. The van der Waals surface area contributed by atoms with Crippen molar-refractivity contribution in [2.75, 3.05) is 5.32 Å². The molecule has 1 fully saturated rings. The molecule has 0 spiro atoms. The van der Waals surface area contributed by atoms with E-state index < -0.39 is 0 Å². The first-order chi connectivity index (χ1) is 9.37. The van der Waals surface area contributed by atoms with Crippen molar-refractivity contribution >= 4 is 5.82 Å². The standard InChI is InChI=1S/C16H26FN3/c1-11(12-6-5-7-12)20-15-14(17)13(8-9-18-15)10-19-16(2,3)4/h8-9,11-12,19H,5-7,10H2,1-4H3,(H,18,20). The highest BCUT2D eigenvalue weighted by Crippen LogP contribution is 2.31. The zero-order valence-corrected chi connectivity index (χ0v) is 13.0. The van der Waals surface area contributed by atoms with Crippen molar-refractivity contribution < 1.29 is 4.39 Å². The summed E-state index contributed by atoms with van der Waals surface area (Å²) in [6.07, 6.45) is 5.45. The van der Waals surface area contributed by atoms with E-state index in [4.69, 9.17) is 0 Å². The summed E-state index contributed by atoms with van der Waals surface area (Å²) < 4.78 is 14.4. The first-order valence-electron chi connectivity index (χ1n) is 7.52. The van der Waals surface area contributed by atoms with Gasteiger partial charge in [0, 0.05) is 29.9 Å². The van der Waals surface area contributed by atoms with Crippen molar-refractivity contribution in [1.29, 1.82) is 0 Å². The molecule has 20 heavy (non-hydrogen) atoms. The van der Waals surface area contributed by atoms with Crippen LogP contribution < -0.4 is 10.6 Å². The first kappa shape index (κ1) is 15.2. The number of hydrogen-bond donors (Lipinski definition) is 2. The third-order valence-electron chi connectivity index (χ3n) is 4.00. The number of hydrogen-bond acceptors (Lipinski definition) is 3. The predicted molar refractivity (Wildman–Crippen MR) is 81.2 cm³/mol. The summed E-state index contributed by atoms with van der Waals surface area (Å²) in [6.45, 7) is 8.85. The zero-order valence-electron chi connectivity index (χ0n) is 13.0. The molecular weight excluding hydrogens is 253 g/mol. The predicted octanol–water partition coefficient (Wildman–Crippen LogP) is 3.71. The molecule has 1 aliphatic rings. The van der Waals surface area contributed by atoms with Crippen LogP contribution in [0.15, 0.2) is 12.3 Å². The van der Waals surface area contributed by atoms with E-state index in [1.165, 1.54) is 19.3 Å². The molecule has 0 aromatic carbocycles. The van der Waals surface area contributed by atoms with Gasteiger partial charge in [0.2, 0.25) is 0 Å². The molecule has 2 N–H and O–H groups in total. The van der Waals surface area contributed by atoms with Gasteiger partial charge in [0.15, 0.2) is 11.6 Å². The van der Waals surface area contributed by atoms with Crippen molar-refractivity contribution in [3.8, 4) is 0 Å². The largest absolute Gasteiger partial charge is 0.365 e. The number of anilines is 1. The van der Waals surface area contributed by atoms with Crippen LogP contribution in [0.25, 0.3) is 0 Å². The van der Waals surface area contributed by atoms with E-state index in [2.05, 4.69) is 43.3 Å². The van der Waals surface area contributed by atoms with Crippen molar-refractivity contribution in [3.63, 3.8) is 0 Å². The van der Waals surface area contributed by atoms with Gasteiger partial charge in [-0.1, -0.05) is 6.42 Å². The number of aromatic nitrogens is 1. The lowest BCUT2D eigenvalue weighted by Gasteiger charge is -2.32. The Bertz CT molecular complexity index is 450. The lowest BCUT2D eigenvalue weighted by molar-refractivity contribution is 0.284. The third kappa shape index (κ3) is 3.92. The summed E-state index contributed by atoms with van der Waals surface area (Å²) in [7, 11) is 0. The van der Waals surface area contributed by atoms with Gasteiger partial charge in [0.05, 0.1) is 0 Å². The Hall–Kier alpha value is -1.16. The summed E-state index contributed by atoms with van der Waals surface area (Å²) in [6, 6.07) is 2.03. The Kier molecular flexibility index (Phi) is 4.63. The molecule has 0 aliphatic heterocycles. The minimum atomic E-state index is -0.226. The van der Waals surface area contributed by atoms with E-state index in [0.29, 0.717) is 23.8 Å². The summed E-state index contributed by atoms with van der Waals surface area (Å²) in [4.78, 5) is 4.15. The Morgan fingerprint density at radius 3 is 2.65 bits per heavy atom. The second-order valence-electron chi connectivity index (χ2n) is 6.86. The molecule has 112 valence electrons. The van der Waals surface area contributed by atoms with Gasteiger partial charge in [-0.05, 0) is 52.5 Å². The molecule has 0 bridgehead atoms. The molecule has 3 nitrogen and oxygen atoms in total. The Balaban J connectivity index is 2.02. The Morgan fingerprint density at radius 2 is 2.10 bits per heavy atom. The van der Waals surface area contributed by atoms with Gasteiger partial charge in [-0.2, -0.15) is 0 Å². The Morgan fingerprint density at radius 1 is 1.40 bits per heavy atom. The van der Waals surface area contributed by atoms with Gasteiger partial charge in [-0.3, -0.25) is 0 Å². The minimum Gasteiger partial charge on any atom is -0.365 e. The summed E-state index contributed by atoms with van der Waals surface area (Å²) in [5, 5.41) is 6.54. The van der Waals surface area contributed by atoms with E-state index >= 15 is 0 Å². The van der Waals surface area contributed by atoms with Crippen LogP contribution in [0, 0.1) is 11.7 Å². The van der Waals surface area contributed by atoms with Gasteiger partial charge in [0.1, 0.15) is 0 Å². The second kappa shape index (κ2) is 6.08. The highest BCUT2D eigenvalue weighted by molar-refractivity contribution is 5.41. The van der Waals surface area contributed by atoms with Gasteiger partial charge < -0.3 is 10.6 Å². The second-order valence-corrected chi connectivity index (χ2v) is 6.86. The maximum atomic E-state index is 14.4. The highest BCUT2D eigenvalue weighted by Gasteiger charge is 2.25. The van der Waals surface area contributed by atoms with Gasteiger partial charge in [0.25, 0.3) is 0 Å². The lowest BCUT2D eigenvalue weighted by atomic mass is 9.80. The third-order valence-corrected chi connectivity index (χ3v) is 4.00. The van der Waals surface area contributed by atoms with Crippen LogP contribution in [0.3, 0.4) is 0 Å². The molecule has 0 saturated heterocycles. The molecule has 2 rings (SSSR count). The number of pyridine rings is 1. The first-order valence-corrected chi connectivity index (χ1v) is 7.52. The molecule has 1 atom stereocenters. The van der Waals surface area contributed by atoms with Crippen LogP contribution >= 0.6 is 0 Å². The van der Waals surface area contributed by atoms with Crippen molar-refractivity contribution in [2.45, 2.75) is 65.1 Å². The van der Waals surface area contributed by atoms with Crippen molar-refractivity contribution in [2.24, 2.45) is 5.92 Å². The molecule has 1 heterocycles. The molecule has 0 amide bonds. The normalized spacial score (nSPS) is 17.6. The quantitative estimate of drug-likeness (QED) is 0.862. The average molecular weight is 279 g/mol. The van der Waals surface area contributed by atoms with Crippen LogP contribution in [-0.4, -0.2) is 16.6 Å². The number of halogens is 1. The summed E-state index contributed by atoms with van der Waals surface area (Å²) in [5.41, 5.74) is 0.640. The number of nitrogens with one attached hydrogen (secondary N) is 2. The van der Waals surface area contributed by atoms with Crippen LogP contribution in [0.4, 0.5) is 10.2 Å². The number of rotatable bonds is 5. The van der Waals surface area contributed by atoms with E-state index in [1.807, 2.05) is 0 Å². The fourth-order valence-electron chi connectivity index (χ4n) is 2.35. The van der Waals surface area contributed by atoms with Gasteiger partial charge in [-0.25, -0.2) is 9.37 Å². The van der Waals surface area contributed by atoms with E-state index in [1.54, 1.807) is 12.3 Å². The molecule has 1 aromatic rings. The van der Waals surface area contributed by atoms with Crippen LogP contribution in [-0.2, 0) is 6.54 Å². The van der Waals surface area contributed by atoms with Gasteiger partial charge >= 0.3 is 0 Å². The minimum absolute atomic E-state index is 0.0253. The lowest BCUT2D eigenvalue weighted by Crippen LogP contribution is -2.35. The molecule has 1 aliphatic carbocycles. The van der Waals surface area contributed by atoms with Crippen LogP contribution in [0.2, 0.25) is 0 Å². The van der Waals surface area contributed by atoms with E-state index in [9.17, 15) is 4.39 Å². The van der Waals surface area contributed by atoms with Crippen molar-refractivity contribution in [1.82, 2.24) is 10.3 Å². The maximum absolute atomic E-state index is 14.4. The molecule has 4 heteroatoms. The SMILES string of the molecule is CC(Nc1nccc(CNC(C)(C)C)c1F)C1CCC1. The van der Waals surface area contributed by atoms with Crippen LogP contribution in [0.5, 0.6) is 0 Å². The molecule has 1 unspecified atom stereocenters. The monoisotopic (exact) mass is 279 g/mol. The van der Waals surface area contributed by atoms with Gasteiger partial charge in [-0.15, -0.1) is 0 Å². The topological polar surface area (TPSA) is 37.0 Å². The molecule has 1 saturated carbocycles. The molecule has 1 aromatic heterocycles. The Labute approximate surface area is 121 Å². The zero-order chi connectivity index (χ0) is 14.8. The van der Waals surface area contributed by atoms with E-state index in [-0.39, 0.29) is 17.4 Å². The fourth-order valence-corrected chi connectivity index (χ4v) is 2.35. The van der Waals surface area contributed by atoms with E-state index in [0.717, 1.165) is 0 Å². The summed E-state index contributed by atoms with van der Waals surface area (Å²) in [5.74, 6) is 0.820.